The van der Waals surface area contributed by atoms with Crippen molar-refractivity contribution in [3.63, 3.8) is 0 Å². The molecule has 0 aromatic heterocycles. The lowest BCUT2D eigenvalue weighted by atomic mass is 9.93. The summed E-state index contributed by atoms with van der Waals surface area (Å²) in [6, 6.07) is 3.58. The predicted molar refractivity (Wildman–Crippen MR) is 51.8 cm³/mol. The molecule has 0 aliphatic heterocycles. The fourth-order valence-electron chi connectivity index (χ4n) is 1.40. The van der Waals surface area contributed by atoms with E-state index >= 15 is 0 Å². The number of halogens is 2. The average Bonchev–Trinajstić information content (AvgIpc) is 2.11. The van der Waals surface area contributed by atoms with Gasteiger partial charge in [0.2, 0.25) is 0 Å². The summed E-state index contributed by atoms with van der Waals surface area (Å²) in [5.74, 6) is -1.85. The minimum absolute atomic E-state index is 0.134. The van der Waals surface area contributed by atoms with Gasteiger partial charge in [-0.05, 0) is 24.6 Å². The molecular weight excluding hydrogens is 186 g/mol. The smallest absolute Gasteiger partial charge is 0.159 e. The minimum Gasteiger partial charge on any atom is -0.330 e. The molecule has 2 atom stereocenters. The zero-order chi connectivity index (χ0) is 10.7. The molecule has 1 aromatic rings. The molecule has 0 fully saturated rings. The Morgan fingerprint density at radius 3 is 2.36 bits per heavy atom. The molecule has 0 spiro atoms. The first-order chi connectivity index (χ1) is 6.56. The number of nitrogens with two attached hydrogens (primary N) is 2. The molecule has 0 heterocycles. The van der Waals surface area contributed by atoms with Gasteiger partial charge in [-0.25, -0.2) is 8.78 Å². The minimum atomic E-state index is -0.860. The van der Waals surface area contributed by atoms with Crippen molar-refractivity contribution in [2.75, 3.05) is 6.54 Å². The molecule has 78 valence electrons. The van der Waals surface area contributed by atoms with Crippen molar-refractivity contribution >= 4 is 0 Å². The van der Waals surface area contributed by atoms with E-state index in [4.69, 9.17) is 11.5 Å². The van der Waals surface area contributed by atoms with Crippen molar-refractivity contribution in [1.82, 2.24) is 0 Å². The molecule has 1 rings (SSSR count). The highest BCUT2D eigenvalue weighted by atomic mass is 19.2. The third-order valence-corrected chi connectivity index (χ3v) is 2.26. The number of rotatable bonds is 3. The maximum absolute atomic E-state index is 12.9. The molecule has 4 heteroatoms. The molecule has 0 bridgehead atoms. The number of benzene rings is 1. The van der Waals surface area contributed by atoms with Crippen LogP contribution in [0.1, 0.15) is 18.4 Å². The molecule has 2 nitrogen and oxygen atoms in total. The van der Waals surface area contributed by atoms with E-state index in [0.717, 1.165) is 12.1 Å². The second-order valence-corrected chi connectivity index (χ2v) is 3.37. The fourth-order valence-corrected chi connectivity index (χ4v) is 1.40. The lowest BCUT2D eigenvalue weighted by Gasteiger charge is -2.19. The van der Waals surface area contributed by atoms with E-state index in [1.54, 1.807) is 6.92 Å². The van der Waals surface area contributed by atoms with Gasteiger partial charge in [-0.3, -0.25) is 0 Å². The van der Waals surface area contributed by atoms with E-state index in [9.17, 15) is 8.78 Å². The van der Waals surface area contributed by atoms with Gasteiger partial charge in [0.25, 0.3) is 0 Å². The van der Waals surface area contributed by atoms with Crippen LogP contribution in [-0.4, -0.2) is 12.6 Å². The Morgan fingerprint density at radius 2 is 1.93 bits per heavy atom. The lowest BCUT2D eigenvalue weighted by Crippen LogP contribution is -2.30. The van der Waals surface area contributed by atoms with Gasteiger partial charge in [0.1, 0.15) is 0 Å². The maximum Gasteiger partial charge on any atom is 0.159 e. The average molecular weight is 200 g/mol. The third kappa shape index (κ3) is 2.27. The van der Waals surface area contributed by atoms with Gasteiger partial charge in [0, 0.05) is 18.5 Å². The van der Waals surface area contributed by atoms with Crippen molar-refractivity contribution in [3.8, 4) is 0 Å². The summed E-state index contributed by atoms with van der Waals surface area (Å²) in [5, 5.41) is 0. The fraction of sp³-hybridized carbons (Fsp3) is 0.400. The third-order valence-electron chi connectivity index (χ3n) is 2.26. The topological polar surface area (TPSA) is 52.0 Å². The SMILES string of the molecule is CC(N)C(CN)c1ccc(F)c(F)c1. The van der Waals surface area contributed by atoms with Crippen LogP contribution in [0.4, 0.5) is 8.78 Å². The molecule has 0 saturated carbocycles. The van der Waals surface area contributed by atoms with Crippen LogP contribution in [0.15, 0.2) is 18.2 Å². The van der Waals surface area contributed by atoms with E-state index in [1.807, 2.05) is 0 Å². The number of hydrogen-bond donors (Lipinski definition) is 2. The van der Waals surface area contributed by atoms with Gasteiger partial charge >= 0.3 is 0 Å². The summed E-state index contributed by atoms with van der Waals surface area (Å²) in [5.41, 5.74) is 11.8. The molecular formula is C10H14F2N2. The van der Waals surface area contributed by atoms with Gasteiger partial charge < -0.3 is 11.5 Å². The Balaban J connectivity index is 3.00. The van der Waals surface area contributed by atoms with Crippen LogP contribution in [0.5, 0.6) is 0 Å². The quantitative estimate of drug-likeness (QED) is 0.773. The molecule has 2 unspecified atom stereocenters. The van der Waals surface area contributed by atoms with Crippen LogP contribution >= 0.6 is 0 Å². The summed E-state index contributed by atoms with van der Waals surface area (Å²) in [4.78, 5) is 0. The normalized spacial score (nSPS) is 15.2. The Hall–Kier alpha value is -1.00. The van der Waals surface area contributed by atoms with Gasteiger partial charge in [-0.2, -0.15) is 0 Å². The zero-order valence-corrected chi connectivity index (χ0v) is 8.00. The van der Waals surface area contributed by atoms with Crippen LogP contribution in [0.25, 0.3) is 0 Å². The van der Waals surface area contributed by atoms with E-state index in [0.29, 0.717) is 12.1 Å². The second-order valence-electron chi connectivity index (χ2n) is 3.37. The molecule has 1 aromatic carbocycles. The lowest BCUT2D eigenvalue weighted by molar-refractivity contribution is 0.501. The first-order valence-electron chi connectivity index (χ1n) is 4.47. The summed E-state index contributed by atoms with van der Waals surface area (Å²) in [7, 11) is 0. The number of hydrogen-bond acceptors (Lipinski definition) is 2. The highest BCUT2D eigenvalue weighted by Crippen LogP contribution is 2.19. The van der Waals surface area contributed by atoms with E-state index < -0.39 is 11.6 Å². The Labute approximate surface area is 81.9 Å². The first kappa shape index (κ1) is 11.1. The molecule has 0 saturated heterocycles. The van der Waals surface area contributed by atoms with Crippen LogP contribution in [0.3, 0.4) is 0 Å². The van der Waals surface area contributed by atoms with Crippen molar-refractivity contribution in [2.45, 2.75) is 18.9 Å². The second kappa shape index (κ2) is 4.48. The van der Waals surface area contributed by atoms with E-state index in [2.05, 4.69) is 0 Å². The van der Waals surface area contributed by atoms with Gasteiger partial charge in [-0.1, -0.05) is 6.07 Å². The predicted octanol–water partition coefficient (Wildman–Crippen LogP) is 1.35. The highest BCUT2D eigenvalue weighted by molar-refractivity contribution is 5.23. The summed E-state index contributed by atoms with van der Waals surface area (Å²) in [6.07, 6.45) is 0. The Morgan fingerprint density at radius 1 is 1.29 bits per heavy atom. The molecule has 14 heavy (non-hydrogen) atoms. The van der Waals surface area contributed by atoms with Gasteiger partial charge in [0.15, 0.2) is 11.6 Å². The van der Waals surface area contributed by atoms with Crippen molar-refractivity contribution in [1.29, 1.82) is 0 Å². The summed E-state index contributed by atoms with van der Waals surface area (Å²) >= 11 is 0. The Kier molecular flexibility index (Phi) is 3.55. The molecule has 4 N–H and O–H groups in total. The molecule has 0 amide bonds. The van der Waals surface area contributed by atoms with Gasteiger partial charge in [-0.15, -0.1) is 0 Å². The highest BCUT2D eigenvalue weighted by Gasteiger charge is 2.15. The van der Waals surface area contributed by atoms with Gasteiger partial charge in [0.05, 0.1) is 0 Å². The van der Waals surface area contributed by atoms with Crippen molar-refractivity contribution < 1.29 is 8.78 Å². The molecule has 0 radical (unpaired) electrons. The van der Waals surface area contributed by atoms with Crippen LogP contribution in [0, 0.1) is 11.6 Å². The maximum atomic E-state index is 12.9. The van der Waals surface area contributed by atoms with E-state index in [1.165, 1.54) is 6.07 Å². The van der Waals surface area contributed by atoms with E-state index in [-0.39, 0.29) is 12.0 Å². The van der Waals surface area contributed by atoms with Crippen LogP contribution in [0.2, 0.25) is 0 Å². The van der Waals surface area contributed by atoms with Crippen molar-refractivity contribution in [3.05, 3.63) is 35.4 Å². The first-order valence-corrected chi connectivity index (χ1v) is 4.47. The van der Waals surface area contributed by atoms with Crippen LogP contribution < -0.4 is 11.5 Å². The summed E-state index contributed by atoms with van der Waals surface area (Å²) in [6.45, 7) is 2.11. The monoisotopic (exact) mass is 200 g/mol. The zero-order valence-electron chi connectivity index (χ0n) is 8.00. The standard InChI is InChI=1S/C10H14F2N2/c1-6(14)8(5-13)7-2-3-9(11)10(12)4-7/h2-4,6,8H,5,13-14H2,1H3. The molecule has 0 aliphatic carbocycles. The van der Waals surface area contributed by atoms with Crippen molar-refractivity contribution in [2.24, 2.45) is 11.5 Å². The largest absolute Gasteiger partial charge is 0.330 e. The summed E-state index contributed by atoms with van der Waals surface area (Å²) < 4.78 is 25.5. The molecule has 0 aliphatic rings. The Bertz CT molecular complexity index is 313. The van der Waals surface area contributed by atoms with Crippen LogP contribution in [-0.2, 0) is 0 Å².